The highest BCUT2D eigenvalue weighted by molar-refractivity contribution is 7.99. The van der Waals surface area contributed by atoms with E-state index >= 15 is 0 Å². The number of carbonyl (C=O) groups is 5. The lowest BCUT2D eigenvalue weighted by atomic mass is 10.0. The fourth-order valence-electron chi connectivity index (χ4n) is 6.94. The van der Waals surface area contributed by atoms with E-state index in [1.165, 1.54) is 4.90 Å². The van der Waals surface area contributed by atoms with Gasteiger partial charge in [-0.1, -0.05) is 24.8 Å². The highest BCUT2D eigenvalue weighted by Crippen LogP contribution is 2.31. The number of rotatable bonds is 11. The van der Waals surface area contributed by atoms with E-state index in [0.29, 0.717) is 50.0 Å². The molecule has 4 N–H and O–H groups in total. The molecule has 1 aromatic rings. The van der Waals surface area contributed by atoms with Crippen LogP contribution in [0.1, 0.15) is 73.4 Å². The van der Waals surface area contributed by atoms with Gasteiger partial charge in [0.05, 0.1) is 6.54 Å². The summed E-state index contributed by atoms with van der Waals surface area (Å²) in [6, 6.07) is 3.44. The zero-order chi connectivity index (χ0) is 32.8. The molecule has 3 fully saturated rings. The van der Waals surface area contributed by atoms with Crippen molar-refractivity contribution in [2.24, 2.45) is 5.73 Å². The summed E-state index contributed by atoms with van der Waals surface area (Å²) >= 11 is 1.87. The Bertz CT molecular complexity index is 1410. The molecule has 5 rings (SSSR count). The van der Waals surface area contributed by atoms with E-state index in [2.05, 4.69) is 34.3 Å². The van der Waals surface area contributed by atoms with E-state index in [-0.39, 0.29) is 43.0 Å². The number of fused-ring (bicyclic) bond motifs is 2. The number of hydrogen-bond donors (Lipinski definition) is 3. The van der Waals surface area contributed by atoms with E-state index in [1.54, 1.807) is 24.1 Å². The van der Waals surface area contributed by atoms with Crippen LogP contribution in [0.2, 0.25) is 0 Å². The van der Waals surface area contributed by atoms with Crippen molar-refractivity contribution in [2.45, 2.75) is 88.8 Å². The minimum atomic E-state index is -0.688. The summed E-state index contributed by atoms with van der Waals surface area (Å²) in [4.78, 5) is 69.0. The third kappa shape index (κ3) is 7.57. The van der Waals surface area contributed by atoms with Gasteiger partial charge in [0.15, 0.2) is 0 Å². The number of nitrogens with two attached hydrogens (primary N) is 1. The second kappa shape index (κ2) is 15.4. The number of hydrogen-bond acceptors (Lipinski definition) is 9. The summed E-state index contributed by atoms with van der Waals surface area (Å²) in [5.74, 6) is 6.97. The maximum Gasteiger partial charge on any atom is 0.255 e. The van der Waals surface area contributed by atoms with Crippen molar-refractivity contribution in [3.05, 3.63) is 34.9 Å². The Balaban J connectivity index is 1.31. The van der Waals surface area contributed by atoms with Crippen LogP contribution >= 0.6 is 11.8 Å². The lowest BCUT2D eigenvalue weighted by molar-refractivity contribution is -0.143. The largest absolute Gasteiger partial charge is 0.368 e. The number of thioether (sulfide) groups is 1. The number of imide groups is 1. The number of nitrogens with one attached hydrogen (secondary N) is 2. The standard InChI is InChI=1S/C33H44N6O6S/c1-3-46-18-6-10-29(45-2)35-25-20-37(17-15-22-11-12-26(30(34)41)39(22)33(25)44)16-5-8-21-7-4-9-23-24(21)19-38(32(23)43)27-13-14-28(40)36-31(27)42/h4,7,9,22,25-27,29,35H,3,6,10-20H2,1-2H3,(H2,34,41)(H,36,40,42)/t22-,25+,26+,27?,29?/m1/s1. The van der Waals surface area contributed by atoms with E-state index in [9.17, 15) is 24.0 Å². The quantitative estimate of drug-likeness (QED) is 0.136. The number of carbonyl (C=O) groups excluding carboxylic acids is 5. The summed E-state index contributed by atoms with van der Waals surface area (Å²) in [6.45, 7) is 3.86. The molecule has 5 amide bonds. The molecule has 5 atom stereocenters. The lowest BCUT2D eigenvalue weighted by Gasteiger charge is -2.39. The van der Waals surface area contributed by atoms with Crippen LogP contribution in [-0.4, -0.2) is 113 Å². The van der Waals surface area contributed by atoms with E-state index in [4.69, 9.17) is 10.5 Å². The van der Waals surface area contributed by atoms with E-state index < -0.39 is 29.9 Å². The summed E-state index contributed by atoms with van der Waals surface area (Å²) in [7, 11) is 1.64. The smallest absolute Gasteiger partial charge is 0.255 e. The Kier molecular flexibility index (Phi) is 11.4. The Labute approximate surface area is 274 Å². The zero-order valence-electron chi connectivity index (χ0n) is 26.6. The molecule has 0 aromatic heterocycles. The second-order valence-corrected chi connectivity index (χ2v) is 13.6. The predicted octanol–water partition coefficient (Wildman–Crippen LogP) is 0.814. The van der Waals surface area contributed by atoms with Crippen molar-refractivity contribution < 1.29 is 28.7 Å². The first-order valence-electron chi connectivity index (χ1n) is 16.2. The summed E-state index contributed by atoms with van der Waals surface area (Å²) in [5, 5.41) is 5.77. The molecule has 3 saturated heterocycles. The van der Waals surface area contributed by atoms with Crippen LogP contribution in [0.15, 0.2) is 18.2 Å². The van der Waals surface area contributed by atoms with Crippen molar-refractivity contribution in [1.29, 1.82) is 0 Å². The Morgan fingerprint density at radius 1 is 1.20 bits per heavy atom. The molecule has 12 nitrogen and oxygen atoms in total. The van der Waals surface area contributed by atoms with Gasteiger partial charge in [-0.25, -0.2) is 0 Å². The third-order valence-electron chi connectivity index (χ3n) is 9.34. The van der Waals surface area contributed by atoms with Gasteiger partial charge in [-0.05, 0) is 67.7 Å². The maximum atomic E-state index is 14.0. The number of benzene rings is 1. The number of ether oxygens (including phenoxy) is 1. The van der Waals surface area contributed by atoms with Crippen LogP contribution in [0.4, 0.5) is 0 Å². The normalized spacial score (nSPS) is 25.7. The fourth-order valence-corrected chi connectivity index (χ4v) is 7.60. The maximum absolute atomic E-state index is 14.0. The highest BCUT2D eigenvalue weighted by Gasteiger charge is 2.44. The molecule has 2 unspecified atom stereocenters. The average molecular weight is 653 g/mol. The molecule has 0 aliphatic carbocycles. The summed E-state index contributed by atoms with van der Waals surface area (Å²) in [5.41, 5.74) is 7.73. The van der Waals surface area contributed by atoms with Gasteiger partial charge < -0.3 is 20.3 Å². The minimum absolute atomic E-state index is 0.0753. The van der Waals surface area contributed by atoms with Crippen molar-refractivity contribution in [3.8, 4) is 11.8 Å². The van der Waals surface area contributed by atoms with Gasteiger partial charge in [-0.2, -0.15) is 11.8 Å². The predicted molar refractivity (Wildman–Crippen MR) is 173 cm³/mol. The molecule has 0 radical (unpaired) electrons. The highest BCUT2D eigenvalue weighted by atomic mass is 32.2. The molecular weight excluding hydrogens is 608 g/mol. The van der Waals surface area contributed by atoms with Gasteiger partial charge in [-0.15, -0.1) is 0 Å². The van der Waals surface area contributed by atoms with Crippen molar-refractivity contribution in [2.75, 3.05) is 38.2 Å². The molecule has 0 bridgehead atoms. The van der Waals surface area contributed by atoms with Gasteiger partial charge in [0.2, 0.25) is 23.6 Å². The SMILES string of the molecule is CCSCCCC(N[C@H]1CN(CC#Cc2cccc3c2CN(C2CCC(=O)NC2=O)C3=O)CC[C@H]2CC[C@@H](C(N)=O)N2C1=O)OC. The second-order valence-electron chi connectivity index (χ2n) is 12.2. The summed E-state index contributed by atoms with van der Waals surface area (Å²) in [6.07, 6.45) is 3.88. The molecule has 4 heterocycles. The molecule has 4 aliphatic heterocycles. The van der Waals surface area contributed by atoms with Crippen LogP contribution in [0.3, 0.4) is 0 Å². The van der Waals surface area contributed by atoms with Gasteiger partial charge in [-0.3, -0.25) is 39.5 Å². The number of piperidine rings is 1. The van der Waals surface area contributed by atoms with Gasteiger partial charge in [0, 0.05) is 50.3 Å². The Hall–Kier alpha value is -3.44. The number of amides is 5. The molecule has 0 saturated carbocycles. The topological polar surface area (TPSA) is 154 Å². The number of primary amides is 1. The van der Waals surface area contributed by atoms with Gasteiger partial charge >= 0.3 is 0 Å². The van der Waals surface area contributed by atoms with Crippen LogP contribution in [0.5, 0.6) is 0 Å². The summed E-state index contributed by atoms with van der Waals surface area (Å²) < 4.78 is 5.73. The van der Waals surface area contributed by atoms with Crippen LogP contribution in [-0.2, 0) is 30.5 Å². The minimum Gasteiger partial charge on any atom is -0.368 e. The number of methoxy groups -OCH3 is 1. The lowest BCUT2D eigenvalue weighted by Crippen LogP contribution is -2.61. The zero-order valence-corrected chi connectivity index (χ0v) is 27.4. The van der Waals surface area contributed by atoms with Gasteiger partial charge in [0.25, 0.3) is 5.91 Å². The first kappa shape index (κ1) is 33.9. The fraction of sp³-hybridized carbons (Fsp3) is 0.606. The van der Waals surface area contributed by atoms with Crippen LogP contribution < -0.4 is 16.4 Å². The Morgan fingerprint density at radius 2 is 2.02 bits per heavy atom. The molecule has 248 valence electrons. The molecule has 4 aliphatic rings. The first-order chi connectivity index (χ1) is 22.2. The van der Waals surface area contributed by atoms with E-state index in [1.807, 2.05) is 17.8 Å². The molecule has 0 spiro atoms. The van der Waals surface area contributed by atoms with Crippen molar-refractivity contribution in [1.82, 2.24) is 25.3 Å². The average Bonchev–Trinajstić information content (AvgIpc) is 3.61. The monoisotopic (exact) mass is 652 g/mol. The molecule has 13 heteroatoms. The van der Waals surface area contributed by atoms with Crippen LogP contribution in [0, 0.1) is 11.8 Å². The molecule has 46 heavy (non-hydrogen) atoms. The number of nitrogens with zero attached hydrogens (tertiary/aromatic N) is 3. The Morgan fingerprint density at radius 3 is 2.76 bits per heavy atom. The van der Waals surface area contributed by atoms with E-state index in [0.717, 1.165) is 36.3 Å². The first-order valence-corrected chi connectivity index (χ1v) is 17.3. The third-order valence-corrected chi connectivity index (χ3v) is 10.3. The van der Waals surface area contributed by atoms with Crippen molar-refractivity contribution >= 4 is 41.3 Å². The van der Waals surface area contributed by atoms with Gasteiger partial charge in [0.1, 0.15) is 24.4 Å². The van der Waals surface area contributed by atoms with Crippen molar-refractivity contribution in [3.63, 3.8) is 0 Å². The van der Waals surface area contributed by atoms with Crippen LogP contribution in [0.25, 0.3) is 0 Å². The molecule has 1 aromatic carbocycles. The molecular formula is C33H44N6O6S.